The van der Waals surface area contributed by atoms with Gasteiger partial charge in [0.25, 0.3) is 0 Å². The number of carbonyl (C=O) groups excluding carboxylic acids is 1. The minimum atomic E-state index is 0.00134. The van der Waals surface area contributed by atoms with Crippen molar-refractivity contribution >= 4 is 29.3 Å². The fraction of sp³-hybridized carbons (Fsp3) is 0.455. The van der Waals surface area contributed by atoms with Gasteiger partial charge in [-0.2, -0.15) is 5.10 Å². The number of carbonyl (C=O) groups is 1. The molecule has 0 unspecified atom stereocenters. The lowest BCUT2D eigenvalue weighted by molar-refractivity contribution is -0.126. The van der Waals surface area contributed by atoms with Crippen LogP contribution in [0.4, 0.5) is 5.69 Å². The predicted molar refractivity (Wildman–Crippen MR) is 118 cm³/mol. The van der Waals surface area contributed by atoms with Gasteiger partial charge >= 0.3 is 0 Å². The standard InChI is InChI=1S/C22H29ClN4O2/c1-4-5-12-27-22(23)18(17(2)24-27)10-11-21(28)26-15-13-25(14-16-26)19-8-6-7-9-20(19)29-3/h6-11H,4-5,12-16H2,1-3H3/b11-10+. The van der Waals surface area contributed by atoms with E-state index in [9.17, 15) is 4.79 Å². The Balaban J connectivity index is 1.61. The van der Waals surface area contributed by atoms with Gasteiger partial charge in [-0.25, -0.2) is 0 Å². The van der Waals surface area contributed by atoms with Crippen LogP contribution >= 0.6 is 11.6 Å². The van der Waals surface area contributed by atoms with Crippen molar-refractivity contribution in [3.8, 4) is 5.75 Å². The number of hydrogen-bond acceptors (Lipinski definition) is 4. The third-order valence-electron chi connectivity index (χ3n) is 5.24. The first-order valence-electron chi connectivity index (χ1n) is 10.1. The zero-order valence-electron chi connectivity index (χ0n) is 17.4. The maximum absolute atomic E-state index is 12.7. The number of nitrogens with zero attached hydrogens (tertiary/aromatic N) is 4. The van der Waals surface area contributed by atoms with E-state index < -0.39 is 0 Å². The van der Waals surface area contributed by atoms with Crippen molar-refractivity contribution < 1.29 is 9.53 Å². The second-order valence-corrected chi connectivity index (χ2v) is 7.54. The van der Waals surface area contributed by atoms with Gasteiger partial charge in [0, 0.05) is 44.4 Å². The van der Waals surface area contributed by atoms with Gasteiger partial charge in [-0.3, -0.25) is 9.48 Å². The molecule has 156 valence electrons. The molecule has 0 saturated carbocycles. The fourth-order valence-corrected chi connectivity index (χ4v) is 3.85. The van der Waals surface area contributed by atoms with Crippen molar-refractivity contribution in [2.75, 3.05) is 38.2 Å². The number of rotatable bonds is 7. The molecule has 1 saturated heterocycles. The summed E-state index contributed by atoms with van der Waals surface area (Å²) in [6.07, 6.45) is 5.51. The van der Waals surface area contributed by atoms with E-state index >= 15 is 0 Å². The highest BCUT2D eigenvalue weighted by Crippen LogP contribution is 2.28. The van der Waals surface area contributed by atoms with E-state index in [1.807, 2.05) is 34.7 Å². The molecule has 0 aliphatic carbocycles. The summed E-state index contributed by atoms with van der Waals surface area (Å²) in [5, 5.41) is 5.09. The van der Waals surface area contributed by atoms with Crippen LogP contribution in [-0.4, -0.2) is 53.9 Å². The predicted octanol–water partition coefficient (Wildman–Crippen LogP) is 4.02. The van der Waals surface area contributed by atoms with E-state index in [2.05, 4.69) is 23.0 Å². The number of amides is 1. The van der Waals surface area contributed by atoms with Gasteiger partial charge in [-0.05, 0) is 31.6 Å². The number of benzene rings is 1. The molecule has 0 atom stereocenters. The monoisotopic (exact) mass is 416 g/mol. The molecule has 0 N–H and O–H groups in total. The quantitative estimate of drug-likeness (QED) is 0.640. The molecule has 2 heterocycles. The van der Waals surface area contributed by atoms with Gasteiger partial charge in [0.2, 0.25) is 5.91 Å². The van der Waals surface area contributed by atoms with Crippen LogP contribution in [0.5, 0.6) is 5.75 Å². The number of piperazine rings is 1. The third kappa shape index (κ3) is 4.93. The van der Waals surface area contributed by atoms with Crippen LogP contribution in [0.25, 0.3) is 6.08 Å². The Morgan fingerprint density at radius 2 is 1.97 bits per heavy atom. The molecule has 0 bridgehead atoms. The normalized spacial score (nSPS) is 14.6. The van der Waals surface area contributed by atoms with Crippen LogP contribution < -0.4 is 9.64 Å². The van der Waals surface area contributed by atoms with Gasteiger partial charge in [0.1, 0.15) is 10.9 Å². The minimum Gasteiger partial charge on any atom is -0.495 e. The van der Waals surface area contributed by atoms with Crippen LogP contribution in [0.15, 0.2) is 30.3 Å². The van der Waals surface area contributed by atoms with E-state index in [1.54, 1.807) is 19.3 Å². The van der Waals surface area contributed by atoms with E-state index in [-0.39, 0.29) is 5.91 Å². The lowest BCUT2D eigenvalue weighted by atomic mass is 10.2. The third-order valence-corrected chi connectivity index (χ3v) is 5.64. The Morgan fingerprint density at radius 3 is 2.66 bits per heavy atom. The first-order valence-corrected chi connectivity index (χ1v) is 10.5. The highest BCUT2D eigenvalue weighted by molar-refractivity contribution is 6.31. The summed E-state index contributed by atoms with van der Waals surface area (Å²) in [6.45, 7) is 7.74. The molecule has 1 aromatic carbocycles. The van der Waals surface area contributed by atoms with Crippen LogP contribution in [-0.2, 0) is 11.3 Å². The Morgan fingerprint density at radius 1 is 1.24 bits per heavy atom. The number of methoxy groups -OCH3 is 1. The second kappa shape index (κ2) is 9.83. The Kier molecular flexibility index (Phi) is 7.20. The molecule has 1 aliphatic rings. The molecule has 0 spiro atoms. The number of aromatic nitrogens is 2. The zero-order chi connectivity index (χ0) is 20.8. The van der Waals surface area contributed by atoms with Crippen molar-refractivity contribution in [1.29, 1.82) is 0 Å². The molecule has 1 aromatic heterocycles. The number of aryl methyl sites for hydroxylation is 2. The number of unbranched alkanes of at least 4 members (excludes halogenated alkanes) is 1. The van der Waals surface area contributed by atoms with E-state index in [4.69, 9.17) is 16.3 Å². The Bertz CT molecular complexity index is 870. The summed E-state index contributed by atoms with van der Waals surface area (Å²) in [6, 6.07) is 7.98. The number of halogens is 1. The number of ether oxygens (including phenoxy) is 1. The fourth-order valence-electron chi connectivity index (χ4n) is 3.53. The summed E-state index contributed by atoms with van der Waals surface area (Å²) in [5.41, 5.74) is 2.74. The van der Waals surface area contributed by atoms with E-state index in [0.29, 0.717) is 18.2 Å². The minimum absolute atomic E-state index is 0.00134. The molecule has 29 heavy (non-hydrogen) atoms. The van der Waals surface area contributed by atoms with Crippen molar-refractivity contribution in [3.63, 3.8) is 0 Å². The number of para-hydroxylation sites is 2. The lowest BCUT2D eigenvalue weighted by Crippen LogP contribution is -2.48. The Hall–Kier alpha value is -2.47. The van der Waals surface area contributed by atoms with Crippen molar-refractivity contribution in [2.45, 2.75) is 33.2 Å². The topological polar surface area (TPSA) is 50.6 Å². The first kappa shape index (κ1) is 21.2. The van der Waals surface area contributed by atoms with E-state index in [0.717, 1.165) is 55.2 Å². The summed E-state index contributed by atoms with van der Waals surface area (Å²) in [7, 11) is 1.68. The van der Waals surface area contributed by atoms with Crippen molar-refractivity contribution in [3.05, 3.63) is 46.8 Å². The number of hydrogen-bond donors (Lipinski definition) is 0. The molecule has 1 amide bonds. The summed E-state index contributed by atoms with van der Waals surface area (Å²) < 4.78 is 7.27. The molecule has 7 heteroatoms. The zero-order valence-corrected chi connectivity index (χ0v) is 18.2. The van der Waals surface area contributed by atoms with Gasteiger partial charge in [-0.1, -0.05) is 37.1 Å². The average molecular weight is 417 g/mol. The summed E-state index contributed by atoms with van der Waals surface area (Å²) in [4.78, 5) is 16.8. The highest BCUT2D eigenvalue weighted by atomic mass is 35.5. The second-order valence-electron chi connectivity index (χ2n) is 7.18. The smallest absolute Gasteiger partial charge is 0.246 e. The largest absolute Gasteiger partial charge is 0.495 e. The van der Waals surface area contributed by atoms with Gasteiger partial charge in [0.05, 0.1) is 18.5 Å². The van der Waals surface area contributed by atoms with E-state index in [1.165, 1.54) is 0 Å². The molecule has 3 rings (SSSR count). The maximum Gasteiger partial charge on any atom is 0.246 e. The number of anilines is 1. The van der Waals surface area contributed by atoms with Crippen LogP contribution in [0.2, 0.25) is 5.15 Å². The van der Waals surface area contributed by atoms with Crippen LogP contribution in [0.3, 0.4) is 0 Å². The van der Waals surface area contributed by atoms with Gasteiger partial charge in [-0.15, -0.1) is 0 Å². The van der Waals surface area contributed by atoms with Crippen molar-refractivity contribution in [2.24, 2.45) is 0 Å². The molecule has 0 radical (unpaired) electrons. The molecule has 2 aromatic rings. The first-order chi connectivity index (χ1) is 14.0. The maximum atomic E-state index is 12.7. The molecular weight excluding hydrogens is 388 g/mol. The Labute approximate surface area is 177 Å². The molecule has 1 fully saturated rings. The van der Waals surface area contributed by atoms with Crippen LogP contribution in [0, 0.1) is 6.92 Å². The molecular formula is C22H29ClN4O2. The van der Waals surface area contributed by atoms with Crippen molar-refractivity contribution in [1.82, 2.24) is 14.7 Å². The average Bonchev–Trinajstić information content (AvgIpc) is 3.03. The molecule has 1 aliphatic heterocycles. The highest BCUT2D eigenvalue weighted by Gasteiger charge is 2.22. The van der Waals surface area contributed by atoms with Gasteiger partial charge in [0.15, 0.2) is 0 Å². The van der Waals surface area contributed by atoms with Gasteiger partial charge < -0.3 is 14.5 Å². The SMILES string of the molecule is CCCCn1nc(C)c(/C=C/C(=O)N2CCN(c3ccccc3OC)CC2)c1Cl. The van der Waals surface area contributed by atoms with Crippen LogP contribution in [0.1, 0.15) is 31.0 Å². The summed E-state index contributed by atoms with van der Waals surface area (Å²) in [5.74, 6) is 0.860. The summed E-state index contributed by atoms with van der Waals surface area (Å²) >= 11 is 6.46. The lowest BCUT2D eigenvalue weighted by Gasteiger charge is -2.36. The molecule has 6 nitrogen and oxygen atoms in total.